The molecular weight excluding hydrogens is 280 g/mol. The van der Waals surface area contributed by atoms with Crippen molar-refractivity contribution in [3.05, 3.63) is 0 Å². The zero-order valence-corrected chi connectivity index (χ0v) is 16.6. The molecule has 0 spiro atoms. The van der Waals surface area contributed by atoms with Crippen LogP contribution in [-0.2, 0) is 4.43 Å². The standard InChI is InChI=1S/C15H34N2OSi2/c1-15(2,3)18-20-13-11-9-8-10-12-19-14(16(4)5)17(6)7/h14H,8-13H2,1-7H3. The van der Waals surface area contributed by atoms with Gasteiger partial charge in [0.2, 0.25) is 9.76 Å². The van der Waals surface area contributed by atoms with Crippen LogP contribution in [0.1, 0.15) is 46.5 Å². The normalized spacial score (nSPS) is 12.9. The second-order valence-corrected chi connectivity index (χ2v) is 9.20. The third kappa shape index (κ3) is 12.1. The van der Waals surface area contributed by atoms with E-state index >= 15 is 0 Å². The van der Waals surface area contributed by atoms with Crippen LogP contribution in [0.3, 0.4) is 0 Å². The van der Waals surface area contributed by atoms with Gasteiger partial charge in [0.05, 0.1) is 9.52 Å². The van der Waals surface area contributed by atoms with Crippen LogP contribution in [0, 0.1) is 0 Å². The van der Waals surface area contributed by atoms with Gasteiger partial charge in [-0.15, -0.1) is 0 Å². The molecule has 0 bridgehead atoms. The minimum Gasteiger partial charge on any atom is -0.413 e. The van der Waals surface area contributed by atoms with E-state index in [1.54, 1.807) is 0 Å². The summed E-state index contributed by atoms with van der Waals surface area (Å²) in [6, 6.07) is 2.60. The second kappa shape index (κ2) is 11.0. The van der Waals surface area contributed by atoms with Crippen LogP contribution in [0.5, 0.6) is 0 Å². The predicted molar refractivity (Wildman–Crippen MR) is 91.6 cm³/mol. The highest BCUT2D eigenvalue weighted by molar-refractivity contribution is 6.37. The Morgan fingerprint density at radius 3 is 1.80 bits per heavy atom. The van der Waals surface area contributed by atoms with Crippen molar-refractivity contribution in [1.29, 1.82) is 0 Å². The lowest BCUT2D eigenvalue weighted by atomic mass is 10.2. The van der Waals surface area contributed by atoms with Crippen molar-refractivity contribution in [1.82, 2.24) is 9.80 Å². The van der Waals surface area contributed by atoms with Crippen molar-refractivity contribution in [3.8, 4) is 0 Å². The fourth-order valence-corrected chi connectivity index (χ4v) is 4.37. The van der Waals surface area contributed by atoms with E-state index in [1.807, 2.05) is 0 Å². The minimum absolute atomic E-state index is 0.0347. The first-order valence-electron chi connectivity index (χ1n) is 7.71. The van der Waals surface area contributed by atoms with Gasteiger partial charge in [-0.2, -0.15) is 0 Å². The molecule has 0 heterocycles. The van der Waals surface area contributed by atoms with E-state index < -0.39 is 0 Å². The van der Waals surface area contributed by atoms with Gasteiger partial charge in [0.1, 0.15) is 0 Å². The number of hydrogen-bond acceptors (Lipinski definition) is 3. The van der Waals surface area contributed by atoms with Crippen molar-refractivity contribution in [2.24, 2.45) is 0 Å². The maximum Gasteiger partial charge on any atom is 0.230 e. The second-order valence-electron chi connectivity index (χ2n) is 6.78. The molecule has 0 N–H and O–H groups in total. The maximum atomic E-state index is 5.76. The van der Waals surface area contributed by atoms with Crippen molar-refractivity contribution in [2.45, 2.75) is 69.9 Å². The Morgan fingerprint density at radius 1 is 0.850 bits per heavy atom. The van der Waals surface area contributed by atoms with Crippen LogP contribution in [0.2, 0.25) is 12.1 Å². The third-order valence-corrected chi connectivity index (χ3v) is 6.24. The molecule has 20 heavy (non-hydrogen) atoms. The summed E-state index contributed by atoms with van der Waals surface area (Å²) < 4.78 is 5.76. The first-order valence-corrected chi connectivity index (χ1v) is 10.1. The van der Waals surface area contributed by atoms with Crippen molar-refractivity contribution >= 4 is 19.3 Å². The van der Waals surface area contributed by atoms with Crippen LogP contribution in [0.25, 0.3) is 0 Å². The van der Waals surface area contributed by atoms with Gasteiger partial charge in [-0.1, -0.05) is 31.7 Å². The van der Waals surface area contributed by atoms with Crippen LogP contribution in [0.4, 0.5) is 0 Å². The van der Waals surface area contributed by atoms with E-state index in [4.69, 9.17) is 4.43 Å². The van der Waals surface area contributed by atoms with E-state index in [2.05, 4.69) is 58.8 Å². The first kappa shape index (κ1) is 20.3. The SMILES string of the molecule is CN(C)C([Si]CCCCCC[Si]OC(C)(C)C)N(C)C. The highest BCUT2D eigenvalue weighted by Gasteiger charge is 2.13. The number of nitrogens with zero attached hydrogens (tertiary/aromatic N) is 2. The molecule has 0 saturated heterocycles. The van der Waals surface area contributed by atoms with E-state index in [9.17, 15) is 0 Å². The van der Waals surface area contributed by atoms with Gasteiger partial charge in [-0.05, 0) is 55.0 Å². The molecule has 0 aliphatic carbocycles. The van der Waals surface area contributed by atoms with E-state index in [0.717, 1.165) is 9.52 Å². The molecule has 0 aromatic carbocycles. The van der Waals surface area contributed by atoms with Crippen LogP contribution < -0.4 is 0 Å². The predicted octanol–water partition coefficient (Wildman–Crippen LogP) is 2.93. The van der Waals surface area contributed by atoms with E-state index in [1.165, 1.54) is 37.8 Å². The topological polar surface area (TPSA) is 15.7 Å². The Morgan fingerprint density at radius 2 is 1.35 bits per heavy atom. The minimum atomic E-state index is 0.0347. The average Bonchev–Trinajstić information content (AvgIpc) is 2.29. The molecule has 4 radical (unpaired) electrons. The molecule has 0 saturated carbocycles. The van der Waals surface area contributed by atoms with Crippen LogP contribution in [-0.4, -0.2) is 68.7 Å². The summed E-state index contributed by atoms with van der Waals surface area (Å²) in [5, 5.41) is 0. The molecule has 0 fully saturated rings. The zero-order chi connectivity index (χ0) is 15.6. The summed E-state index contributed by atoms with van der Waals surface area (Å²) in [5.74, 6) is 0.608. The van der Waals surface area contributed by atoms with Gasteiger partial charge in [0, 0.05) is 11.4 Å². The molecule has 0 unspecified atom stereocenters. The molecular formula is C15H34N2OSi2. The van der Waals surface area contributed by atoms with Gasteiger partial charge in [-0.25, -0.2) is 0 Å². The molecule has 0 rings (SSSR count). The van der Waals surface area contributed by atoms with Crippen LogP contribution in [0.15, 0.2) is 0 Å². The van der Waals surface area contributed by atoms with E-state index in [-0.39, 0.29) is 5.60 Å². The summed E-state index contributed by atoms with van der Waals surface area (Å²) in [5.41, 5.74) is 0.0347. The number of hydrogen-bond donors (Lipinski definition) is 0. The zero-order valence-electron chi connectivity index (χ0n) is 14.6. The fraction of sp³-hybridized carbons (Fsp3) is 1.00. The van der Waals surface area contributed by atoms with Crippen molar-refractivity contribution < 1.29 is 4.43 Å². The highest BCUT2D eigenvalue weighted by atomic mass is 28.2. The fourth-order valence-electron chi connectivity index (χ4n) is 2.00. The van der Waals surface area contributed by atoms with Crippen molar-refractivity contribution in [3.63, 3.8) is 0 Å². The molecule has 0 atom stereocenters. The molecule has 0 aliphatic rings. The molecule has 0 aromatic rings. The Kier molecular flexibility index (Phi) is 11.1. The maximum absolute atomic E-state index is 5.76. The third-order valence-electron chi connectivity index (χ3n) is 2.89. The lowest BCUT2D eigenvalue weighted by molar-refractivity contribution is 0.138. The van der Waals surface area contributed by atoms with Gasteiger partial charge in [0.25, 0.3) is 0 Å². The first-order chi connectivity index (χ1) is 9.24. The van der Waals surface area contributed by atoms with Gasteiger partial charge in [-0.3, -0.25) is 9.80 Å². The number of unbranched alkanes of at least 4 members (excludes halogenated alkanes) is 3. The van der Waals surface area contributed by atoms with Gasteiger partial charge >= 0.3 is 0 Å². The molecule has 118 valence electrons. The average molecular weight is 315 g/mol. The van der Waals surface area contributed by atoms with Crippen molar-refractivity contribution in [2.75, 3.05) is 28.2 Å². The highest BCUT2D eigenvalue weighted by Crippen LogP contribution is 2.10. The smallest absolute Gasteiger partial charge is 0.230 e. The Labute approximate surface area is 132 Å². The summed E-state index contributed by atoms with van der Waals surface area (Å²) >= 11 is 0. The van der Waals surface area contributed by atoms with Gasteiger partial charge in [0.15, 0.2) is 0 Å². The molecule has 5 heteroatoms. The quantitative estimate of drug-likeness (QED) is 0.331. The van der Waals surface area contributed by atoms with E-state index in [0.29, 0.717) is 15.6 Å². The monoisotopic (exact) mass is 314 g/mol. The molecule has 0 amide bonds. The summed E-state index contributed by atoms with van der Waals surface area (Å²) in [4.78, 5) is 4.65. The molecule has 0 aliphatic heterocycles. The Hall–Kier alpha value is 0.314. The number of rotatable bonds is 11. The summed E-state index contributed by atoms with van der Waals surface area (Å²) in [6.07, 6.45) is 5.43. The largest absolute Gasteiger partial charge is 0.413 e. The Bertz CT molecular complexity index is 222. The lowest BCUT2D eigenvalue weighted by Crippen LogP contribution is -2.44. The lowest BCUT2D eigenvalue weighted by Gasteiger charge is -2.30. The van der Waals surface area contributed by atoms with Gasteiger partial charge < -0.3 is 4.43 Å². The summed E-state index contributed by atoms with van der Waals surface area (Å²) in [7, 11) is 10.4. The van der Waals surface area contributed by atoms with Crippen LogP contribution >= 0.6 is 0 Å². The summed E-state index contributed by atoms with van der Waals surface area (Å²) in [6.45, 7) is 6.40. The molecule has 3 nitrogen and oxygen atoms in total. The Balaban J connectivity index is 3.40. The molecule has 0 aromatic heterocycles.